The summed E-state index contributed by atoms with van der Waals surface area (Å²) >= 11 is 0. The van der Waals surface area contributed by atoms with Gasteiger partial charge < -0.3 is 21.1 Å². The summed E-state index contributed by atoms with van der Waals surface area (Å²) in [5.74, 6) is 0.0220. The summed E-state index contributed by atoms with van der Waals surface area (Å²) < 4.78 is 5.52. The molecule has 0 saturated carbocycles. The maximum Gasteiger partial charge on any atom is 0.221 e. The predicted molar refractivity (Wildman–Crippen MR) is 55.1 cm³/mol. The first-order chi connectivity index (χ1) is 6.49. The Morgan fingerprint density at radius 2 is 1.86 bits per heavy atom. The molecule has 0 radical (unpaired) electrons. The van der Waals surface area contributed by atoms with Crippen LogP contribution in [0.15, 0.2) is 4.99 Å². The molecule has 6 nitrogen and oxygen atoms in total. The molecule has 2 atom stereocenters. The quantitative estimate of drug-likeness (QED) is 0.355. The van der Waals surface area contributed by atoms with Gasteiger partial charge in [0.1, 0.15) is 0 Å². The standard InChI is InChI=1S/C8H17N5O/c1-5-3-13(4-6(2)14-5)8(11)12-7(9)10/h5-6H,3-4H2,1-2H3,(H5,9,10,11,12)/t5-,6+. The van der Waals surface area contributed by atoms with E-state index in [0.29, 0.717) is 13.1 Å². The van der Waals surface area contributed by atoms with E-state index in [2.05, 4.69) is 4.99 Å². The van der Waals surface area contributed by atoms with Crippen LogP contribution in [0, 0.1) is 5.41 Å². The highest BCUT2D eigenvalue weighted by Crippen LogP contribution is 2.10. The van der Waals surface area contributed by atoms with Crippen LogP contribution in [0.1, 0.15) is 13.8 Å². The summed E-state index contributed by atoms with van der Waals surface area (Å²) in [5.41, 5.74) is 10.4. The third-order valence-corrected chi connectivity index (χ3v) is 1.95. The number of hydrogen-bond acceptors (Lipinski definition) is 2. The predicted octanol–water partition coefficient (Wildman–Crippen LogP) is -0.696. The fourth-order valence-electron chi connectivity index (χ4n) is 1.54. The second-order valence-corrected chi connectivity index (χ2v) is 3.52. The Morgan fingerprint density at radius 1 is 1.36 bits per heavy atom. The van der Waals surface area contributed by atoms with Crippen molar-refractivity contribution in [1.82, 2.24) is 4.90 Å². The summed E-state index contributed by atoms with van der Waals surface area (Å²) in [7, 11) is 0. The summed E-state index contributed by atoms with van der Waals surface area (Å²) in [6, 6.07) is 0. The summed E-state index contributed by atoms with van der Waals surface area (Å²) in [5, 5.41) is 7.62. The molecular weight excluding hydrogens is 182 g/mol. The van der Waals surface area contributed by atoms with Crippen molar-refractivity contribution in [2.24, 2.45) is 16.5 Å². The van der Waals surface area contributed by atoms with E-state index >= 15 is 0 Å². The molecule has 1 fully saturated rings. The zero-order chi connectivity index (χ0) is 10.7. The van der Waals surface area contributed by atoms with Crippen molar-refractivity contribution in [3.63, 3.8) is 0 Å². The highest BCUT2D eigenvalue weighted by Gasteiger charge is 2.23. The zero-order valence-electron chi connectivity index (χ0n) is 8.53. The molecule has 1 saturated heterocycles. The first-order valence-corrected chi connectivity index (χ1v) is 4.57. The van der Waals surface area contributed by atoms with Crippen LogP contribution in [-0.2, 0) is 4.74 Å². The van der Waals surface area contributed by atoms with Crippen LogP contribution in [0.5, 0.6) is 0 Å². The molecule has 1 heterocycles. The van der Waals surface area contributed by atoms with Gasteiger partial charge in [0.2, 0.25) is 5.96 Å². The lowest BCUT2D eigenvalue weighted by Crippen LogP contribution is -2.48. The molecule has 0 bridgehead atoms. The van der Waals surface area contributed by atoms with Gasteiger partial charge in [0, 0.05) is 13.1 Å². The largest absolute Gasteiger partial charge is 0.372 e. The molecule has 0 spiro atoms. The zero-order valence-corrected chi connectivity index (χ0v) is 8.53. The van der Waals surface area contributed by atoms with Crippen molar-refractivity contribution in [2.75, 3.05) is 13.1 Å². The number of nitrogens with zero attached hydrogens (tertiary/aromatic N) is 2. The summed E-state index contributed by atoms with van der Waals surface area (Å²) in [4.78, 5) is 5.50. The van der Waals surface area contributed by atoms with Crippen molar-refractivity contribution in [3.8, 4) is 0 Å². The Labute approximate surface area is 83.4 Å². The van der Waals surface area contributed by atoms with E-state index in [9.17, 15) is 0 Å². The van der Waals surface area contributed by atoms with Crippen molar-refractivity contribution in [3.05, 3.63) is 0 Å². The van der Waals surface area contributed by atoms with Gasteiger partial charge >= 0.3 is 0 Å². The molecule has 14 heavy (non-hydrogen) atoms. The molecular formula is C8H17N5O. The minimum atomic E-state index is -0.0817. The summed E-state index contributed by atoms with van der Waals surface area (Å²) in [6.45, 7) is 5.23. The number of nitrogens with two attached hydrogens (primary N) is 2. The van der Waals surface area contributed by atoms with Crippen LogP contribution in [0.2, 0.25) is 0 Å². The normalized spacial score (nSPS) is 27.1. The molecule has 0 amide bonds. The second-order valence-electron chi connectivity index (χ2n) is 3.52. The highest BCUT2D eigenvalue weighted by molar-refractivity contribution is 5.91. The summed E-state index contributed by atoms with van der Waals surface area (Å²) in [6.07, 6.45) is 0.210. The van der Waals surface area contributed by atoms with E-state index in [1.54, 1.807) is 4.90 Å². The lowest BCUT2D eigenvalue weighted by Gasteiger charge is -2.35. The first kappa shape index (κ1) is 10.8. The van der Waals surface area contributed by atoms with Gasteiger partial charge in [-0.25, -0.2) is 0 Å². The maximum atomic E-state index is 7.62. The minimum Gasteiger partial charge on any atom is -0.372 e. The lowest BCUT2D eigenvalue weighted by molar-refractivity contribution is -0.0485. The van der Waals surface area contributed by atoms with Gasteiger partial charge in [0.25, 0.3) is 0 Å². The molecule has 6 heteroatoms. The fourth-order valence-corrected chi connectivity index (χ4v) is 1.54. The Balaban J connectivity index is 2.59. The third kappa shape index (κ3) is 2.88. The molecule has 1 rings (SSSR count). The molecule has 0 aromatic carbocycles. The second kappa shape index (κ2) is 4.28. The van der Waals surface area contributed by atoms with Crippen LogP contribution in [0.3, 0.4) is 0 Å². The van der Waals surface area contributed by atoms with E-state index in [-0.39, 0.29) is 24.1 Å². The van der Waals surface area contributed by atoms with Crippen LogP contribution >= 0.6 is 0 Å². The van der Waals surface area contributed by atoms with E-state index in [1.807, 2.05) is 13.8 Å². The van der Waals surface area contributed by atoms with Crippen molar-refractivity contribution in [1.29, 1.82) is 5.41 Å². The average molecular weight is 199 g/mol. The molecule has 1 aliphatic rings. The van der Waals surface area contributed by atoms with E-state index in [0.717, 1.165) is 0 Å². The van der Waals surface area contributed by atoms with Crippen LogP contribution in [0.25, 0.3) is 0 Å². The molecule has 0 unspecified atom stereocenters. The van der Waals surface area contributed by atoms with E-state index < -0.39 is 0 Å². The number of guanidine groups is 2. The monoisotopic (exact) mass is 199 g/mol. The molecule has 0 aromatic heterocycles. The Kier molecular flexibility index (Phi) is 3.29. The molecule has 80 valence electrons. The number of nitrogens with one attached hydrogen (secondary N) is 1. The third-order valence-electron chi connectivity index (χ3n) is 1.95. The number of ether oxygens (including phenoxy) is 1. The minimum absolute atomic E-state index is 0.0817. The van der Waals surface area contributed by atoms with Gasteiger partial charge in [0.05, 0.1) is 12.2 Å². The number of morpholine rings is 1. The van der Waals surface area contributed by atoms with Crippen molar-refractivity contribution < 1.29 is 4.74 Å². The van der Waals surface area contributed by atoms with Gasteiger partial charge in [-0.3, -0.25) is 5.41 Å². The number of rotatable bonds is 0. The molecule has 5 N–H and O–H groups in total. The average Bonchev–Trinajstić information content (AvgIpc) is 2.00. The van der Waals surface area contributed by atoms with Gasteiger partial charge in [-0.2, -0.15) is 4.99 Å². The van der Waals surface area contributed by atoms with Crippen molar-refractivity contribution >= 4 is 11.9 Å². The van der Waals surface area contributed by atoms with E-state index in [1.165, 1.54) is 0 Å². The lowest BCUT2D eigenvalue weighted by atomic mass is 10.2. The van der Waals surface area contributed by atoms with Gasteiger partial charge in [-0.15, -0.1) is 0 Å². The van der Waals surface area contributed by atoms with Gasteiger partial charge in [-0.1, -0.05) is 0 Å². The molecule has 0 aliphatic carbocycles. The Morgan fingerprint density at radius 3 is 2.29 bits per heavy atom. The van der Waals surface area contributed by atoms with Crippen LogP contribution in [-0.4, -0.2) is 42.1 Å². The first-order valence-electron chi connectivity index (χ1n) is 4.57. The van der Waals surface area contributed by atoms with Gasteiger partial charge in [-0.05, 0) is 13.8 Å². The SMILES string of the molecule is C[C@@H]1CN(C(=N)N=C(N)N)C[C@H](C)O1. The van der Waals surface area contributed by atoms with Crippen molar-refractivity contribution in [2.45, 2.75) is 26.1 Å². The van der Waals surface area contributed by atoms with Gasteiger partial charge in [0.15, 0.2) is 5.96 Å². The smallest absolute Gasteiger partial charge is 0.221 e. The highest BCUT2D eigenvalue weighted by atomic mass is 16.5. The fraction of sp³-hybridized carbons (Fsp3) is 0.750. The number of aliphatic imine (C=N–C) groups is 1. The number of hydrogen-bond donors (Lipinski definition) is 3. The van der Waals surface area contributed by atoms with Crippen LogP contribution in [0.4, 0.5) is 0 Å². The van der Waals surface area contributed by atoms with E-state index in [4.69, 9.17) is 21.6 Å². The topological polar surface area (TPSA) is 101 Å². The molecule has 0 aromatic rings. The van der Waals surface area contributed by atoms with Crippen LogP contribution < -0.4 is 11.5 Å². The Hall–Kier alpha value is -1.30. The Bertz CT molecular complexity index is 238. The molecule has 1 aliphatic heterocycles. The maximum absolute atomic E-state index is 7.62.